The van der Waals surface area contributed by atoms with E-state index < -0.39 is 0 Å². The van der Waals surface area contributed by atoms with Gasteiger partial charge < -0.3 is 10.5 Å². The van der Waals surface area contributed by atoms with E-state index in [0.717, 1.165) is 28.3 Å². The van der Waals surface area contributed by atoms with E-state index in [4.69, 9.17) is 10.5 Å². The lowest BCUT2D eigenvalue weighted by Crippen LogP contribution is -2.06. The zero-order valence-corrected chi connectivity index (χ0v) is 12.3. The largest absolute Gasteiger partial charge is 0.496 e. The van der Waals surface area contributed by atoms with Gasteiger partial charge in [0.15, 0.2) is 5.82 Å². The van der Waals surface area contributed by atoms with Crippen molar-refractivity contribution >= 4 is 0 Å². The summed E-state index contributed by atoms with van der Waals surface area (Å²) in [5.41, 5.74) is 8.68. The molecule has 0 unspecified atom stereocenters. The van der Waals surface area contributed by atoms with Crippen molar-refractivity contribution in [3.05, 3.63) is 59.7 Å². The molecule has 0 aliphatic heterocycles. The highest BCUT2D eigenvalue weighted by Gasteiger charge is 2.11. The first kappa shape index (κ1) is 14.2. The summed E-state index contributed by atoms with van der Waals surface area (Å²) in [6, 6.07) is 15.8. The molecule has 0 spiro atoms. The summed E-state index contributed by atoms with van der Waals surface area (Å²) in [6.07, 6.45) is 0. The molecule has 0 atom stereocenters. The zero-order chi connectivity index (χ0) is 15.4. The molecule has 22 heavy (non-hydrogen) atoms. The van der Waals surface area contributed by atoms with Gasteiger partial charge in [0.1, 0.15) is 5.75 Å². The van der Waals surface area contributed by atoms with E-state index >= 15 is 0 Å². The van der Waals surface area contributed by atoms with Crippen LogP contribution in [0.25, 0.3) is 11.4 Å². The number of benzene rings is 2. The van der Waals surface area contributed by atoms with Gasteiger partial charge in [-0.3, -0.25) is 0 Å². The molecule has 1 heterocycles. The second kappa shape index (κ2) is 6.36. The molecular weight excluding hydrogens is 278 g/mol. The van der Waals surface area contributed by atoms with Crippen LogP contribution in [0.3, 0.4) is 0 Å². The highest BCUT2D eigenvalue weighted by molar-refractivity contribution is 5.55. The number of nitrogens with zero attached hydrogens (tertiary/aromatic N) is 4. The fourth-order valence-electron chi connectivity index (χ4n) is 2.30. The Morgan fingerprint density at radius 2 is 1.86 bits per heavy atom. The van der Waals surface area contributed by atoms with Crippen LogP contribution in [0.2, 0.25) is 0 Å². The van der Waals surface area contributed by atoms with Crippen molar-refractivity contribution in [2.45, 2.75) is 13.1 Å². The maximum atomic E-state index is 5.62. The second-order valence-electron chi connectivity index (χ2n) is 4.87. The summed E-state index contributed by atoms with van der Waals surface area (Å²) in [5.74, 6) is 1.54. The Bertz CT molecular complexity index is 751. The fourth-order valence-corrected chi connectivity index (χ4v) is 2.30. The maximum absolute atomic E-state index is 5.62. The lowest BCUT2D eigenvalue weighted by molar-refractivity contribution is 0.407. The van der Waals surface area contributed by atoms with E-state index in [0.29, 0.717) is 13.1 Å². The van der Waals surface area contributed by atoms with Crippen molar-refractivity contribution in [3.8, 4) is 17.1 Å². The molecule has 6 nitrogen and oxygen atoms in total. The molecule has 6 heteroatoms. The lowest BCUT2D eigenvalue weighted by Gasteiger charge is -2.09. The number of nitrogens with two attached hydrogens (primary N) is 1. The number of ether oxygens (including phenoxy) is 1. The molecule has 0 saturated heterocycles. The fraction of sp³-hybridized carbons (Fsp3) is 0.188. The number of rotatable bonds is 5. The van der Waals surface area contributed by atoms with Gasteiger partial charge in [0.05, 0.1) is 13.7 Å². The Morgan fingerprint density at radius 3 is 2.59 bits per heavy atom. The number of hydrogen-bond acceptors (Lipinski definition) is 5. The molecule has 0 radical (unpaired) electrons. The van der Waals surface area contributed by atoms with Gasteiger partial charge in [0, 0.05) is 17.7 Å². The van der Waals surface area contributed by atoms with Crippen molar-refractivity contribution in [2.75, 3.05) is 7.11 Å². The van der Waals surface area contributed by atoms with Crippen LogP contribution < -0.4 is 10.5 Å². The van der Waals surface area contributed by atoms with Gasteiger partial charge in [-0.25, -0.2) is 4.68 Å². The standard InChI is InChI=1S/C16H17N5O/c1-22-15-5-3-2-4-14(15)11-21-16(18-19-20-21)13-8-6-12(10-17)7-9-13/h2-9H,10-11,17H2,1H3. The summed E-state index contributed by atoms with van der Waals surface area (Å²) in [5, 5.41) is 12.0. The van der Waals surface area contributed by atoms with Crippen molar-refractivity contribution in [1.82, 2.24) is 20.2 Å². The van der Waals surface area contributed by atoms with Crippen molar-refractivity contribution in [3.63, 3.8) is 0 Å². The van der Waals surface area contributed by atoms with Crippen LogP contribution in [0.1, 0.15) is 11.1 Å². The molecule has 0 amide bonds. The normalized spacial score (nSPS) is 10.6. The third kappa shape index (κ3) is 2.82. The topological polar surface area (TPSA) is 78.8 Å². The Hall–Kier alpha value is -2.73. The number of para-hydroxylation sites is 1. The molecule has 3 aromatic rings. The van der Waals surface area contributed by atoms with Crippen molar-refractivity contribution < 1.29 is 4.74 Å². The highest BCUT2D eigenvalue weighted by atomic mass is 16.5. The van der Waals surface area contributed by atoms with E-state index in [1.54, 1.807) is 11.8 Å². The molecule has 0 bridgehead atoms. The lowest BCUT2D eigenvalue weighted by atomic mass is 10.1. The van der Waals surface area contributed by atoms with Gasteiger partial charge in [-0.15, -0.1) is 5.10 Å². The number of methoxy groups -OCH3 is 1. The van der Waals surface area contributed by atoms with Crippen LogP contribution in [0.5, 0.6) is 5.75 Å². The molecule has 2 aromatic carbocycles. The predicted octanol–water partition coefficient (Wildman–Crippen LogP) is 1.86. The van der Waals surface area contributed by atoms with E-state index in [9.17, 15) is 0 Å². The zero-order valence-electron chi connectivity index (χ0n) is 12.3. The van der Waals surface area contributed by atoms with Gasteiger partial charge in [0.25, 0.3) is 0 Å². The van der Waals surface area contributed by atoms with Crippen LogP contribution >= 0.6 is 0 Å². The highest BCUT2D eigenvalue weighted by Crippen LogP contribution is 2.21. The first-order valence-corrected chi connectivity index (χ1v) is 6.99. The Balaban J connectivity index is 1.91. The third-order valence-electron chi connectivity index (χ3n) is 3.49. The minimum atomic E-state index is 0.520. The minimum Gasteiger partial charge on any atom is -0.496 e. The van der Waals surface area contributed by atoms with E-state index in [2.05, 4.69) is 15.5 Å². The number of tetrazole rings is 1. The summed E-state index contributed by atoms with van der Waals surface area (Å²) >= 11 is 0. The van der Waals surface area contributed by atoms with Crippen LogP contribution in [0, 0.1) is 0 Å². The molecular formula is C16H17N5O. The number of hydrogen-bond donors (Lipinski definition) is 1. The Morgan fingerprint density at radius 1 is 1.09 bits per heavy atom. The van der Waals surface area contributed by atoms with E-state index in [-0.39, 0.29) is 0 Å². The molecule has 0 aliphatic carbocycles. The smallest absolute Gasteiger partial charge is 0.182 e. The van der Waals surface area contributed by atoms with E-state index in [1.807, 2.05) is 48.5 Å². The van der Waals surface area contributed by atoms with Crippen LogP contribution in [-0.2, 0) is 13.1 Å². The molecule has 0 fully saturated rings. The molecule has 2 N–H and O–H groups in total. The average molecular weight is 295 g/mol. The molecule has 112 valence electrons. The third-order valence-corrected chi connectivity index (χ3v) is 3.49. The van der Waals surface area contributed by atoms with Gasteiger partial charge in [0.2, 0.25) is 0 Å². The van der Waals surface area contributed by atoms with Gasteiger partial charge in [-0.05, 0) is 22.1 Å². The summed E-state index contributed by atoms with van der Waals surface area (Å²) in [7, 11) is 1.66. The average Bonchev–Trinajstić information content (AvgIpc) is 3.03. The first-order chi connectivity index (χ1) is 10.8. The summed E-state index contributed by atoms with van der Waals surface area (Å²) < 4.78 is 7.13. The van der Waals surface area contributed by atoms with Crippen molar-refractivity contribution in [2.24, 2.45) is 5.73 Å². The van der Waals surface area contributed by atoms with E-state index in [1.165, 1.54) is 0 Å². The Labute approximate surface area is 128 Å². The Kier molecular flexibility index (Phi) is 4.11. The minimum absolute atomic E-state index is 0.520. The van der Waals surface area contributed by atoms with Crippen LogP contribution in [0.4, 0.5) is 0 Å². The number of aromatic nitrogens is 4. The maximum Gasteiger partial charge on any atom is 0.182 e. The quantitative estimate of drug-likeness (QED) is 0.777. The SMILES string of the molecule is COc1ccccc1Cn1nnnc1-c1ccc(CN)cc1. The molecule has 0 saturated carbocycles. The van der Waals surface area contributed by atoms with Crippen LogP contribution in [0.15, 0.2) is 48.5 Å². The van der Waals surface area contributed by atoms with Gasteiger partial charge in [-0.2, -0.15) is 0 Å². The van der Waals surface area contributed by atoms with Crippen LogP contribution in [-0.4, -0.2) is 27.3 Å². The molecule has 1 aromatic heterocycles. The predicted molar refractivity (Wildman–Crippen MR) is 83.2 cm³/mol. The monoisotopic (exact) mass is 295 g/mol. The summed E-state index contributed by atoms with van der Waals surface area (Å²) in [6.45, 7) is 1.07. The second-order valence-corrected chi connectivity index (χ2v) is 4.87. The summed E-state index contributed by atoms with van der Waals surface area (Å²) in [4.78, 5) is 0. The van der Waals surface area contributed by atoms with Gasteiger partial charge in [-0.1, -0.05) is 42.5 Å². The molecule has 3 rings (SSSR count). The molecule has 0 aliphatic rings. The van der Waals surface area contributed by atoms with Crippen molar-refractivity contribution in [1.29, 1.82) is 0 Å². The van der Waals surface area contributed by atoms with Gasteiger partial charge >= 0.3 is 0 Å². The first-order valence-electron chi connectivity index (χ1n) is 6.99.